The molecule has 0 radical (unpaired) electrons. The van der Waals surface area contributed by atoms with E-state index in [9.17, 15) is 9.18 Å². The Labute approximate surface area is 224 Å². The third-order valence-corrected chi connectivity index (χ3v) is 9.19. The van der Waals surface area contributed by atoms with Crippen LogP contribution in [0, 0.1) is 23.1 Å². The maximum atomic E-state index is 13.5. The Bertz CT molecular complexity index is 1330. The van der Waals surface area contributed by atoms with Crippen molar-refractivity contribution in [2.24, 2.45) is 17.3 Å². The first-order valence-electron chi connectivity index (χ1n) is 14.0. The highest BCUT2D eigenvalue weighted by atomic mass is 19.1. The number of benzene rings is 2. The van der Waals surface area contributed by atoms with E-state index >= 15 is 0 Å². The molecule has 4 atom stereocenters. The fourth-order valence-electron chi connectivity index (χ4n) is 6.96. The molecule has 2 amide bonds. The first-order valence-corrected chi connectivity index (χ1v) is 14.0. The van der Waals surface area contributed by atoms with Crippen molar-refractivity contribution in [1.82, 2.24) is 20.0 Å². The van der Waals surface area contributed by atoms with Gasteiger partial charge in [0.1, 0.15) is 5.82 Å². The summed E-state index contributed by atoms with van der Waals surface area (Å²) in [5, 5.41) is 8.11. The lowest BCUT2D eigenvalue weighted by Gasteiger charge is -2.38. The van der Waals surface area contributed by atoms with Gasteiger partial charge >= 0.3 is 6.03 Å². The molecule has 38 heavy (non-hydrogen) atoms. The molecule has 198 valence electrons. The Kier molecular flexibility index (Phi) is 6.58. The maximum Gasteiger partial charge on any atom is 0.317 e. The molecule has 3 aliphatic rings. The fourth-order valence-corrected chi connectivity index (χ4v) is 6.96. The van der Waals surface area contributed by atoms with Gasteiger partial charge in [-0.25, -0.2) is 13.9 Å². The molecular weight excluding hydrogens is 475 g/mol. The van der Waals surface area contributed by atoms with E-state index in [0.717, 1.165) is 56.6 Å². The molecule has 1 N–H and O–H groups in total. The lowest BCUT2D eigenvalue weighted by Crippen LogP contribution is -2.46. The van der Waals surface area contributed by atoms with Gasteiger partial charge in [-0.3, -0.25) is 0 Å². The van der Waals surface area contributed by atoms with Gasteiger partial charge in [0, 0.05) is 13.1 Å². The summed E-state index contributed by atoms with van der Waals surface area (Å²) in [7, 11) is 0. The van der Waals surface area contributed by atoms with Gasteiger partial charge < -0.3 is 10.2 Å². The van der Waals surface area contributed by atoms with Crippen LogP contribution in [-0.4, -0.2) is 33.8 Å². The second-order valence-electron chi connectivity index (χ2n) is 11.8. The first kappa shape index (κ1) is 24.9. The largest absolute Gasteiger partial charge is 0.331 e. The third kappa shape index (κ3) is 4.65. The van der Waals surface area contributed by atoms with Crippen molar-refractivity contribution < 1.29 is 9.18 Å². The van der Waals surface area contributed by atoms with Crippen LogP contribution in [0.25, 0.3) is 11.8 Å². The molecule has 2 aliphatic carbocycles. The van der Waals surface area contributed by atoms with Crippen molar-refractivity contribution in [2.75, 3.05) is 13.1 Å². The molecule has 3 aromatic rings. The highest BCUT2D eigenvalue weighted by Gasteiger charge is 2.46. The zero-order valence-corrected chi connectivity index (χ0v) is 22.4. The van der Waals surface area contributed by atoms with Crippen molar-refractivity contribution in [3.8, 4) is 5.69 Å². The quantitative estimate of drug-likeness (QED) is 0.403. The smallest absolute Gasteiger partial charge is 0.317 e. The van der Waals surface area contributed by atoms with Crippen molar-refractivity contribution in [1.29, 1.82) is 0 Å². The molecule has 0 spiro atoms. The molecule has 1 aliphatic heterocycles. The van der Waals surface area contributed by atoms with Gasteiger partial charge in [-0.2, -0.15) is 5.10 Å². The molecular formula is C32H37FN4O. The van der Waals surface area contributed by atoms with Gasteiger partial charge in [-0.1, -0.05) is 49.8 Å². The molecule has 1 saturated carbocycles. The summed E-state index contributed by atoms with van der Waals surface area (Å²) in [6.07, 6.45) is 10.6. The molecule has 2 heterocycles. The van der Waals surface area contributed by atoms with E-state index in [-0.39, 0.29) is 23.3 Å². The molecule has 2 aromatic carbocycles. The van der Waals surface area contributed by atoms with Crippen LogP contribution < -0.4 is 5.32 Å². The fraction of sp³-hybridized carbons (Fsp3) is 0.438. The van der Waals surface area contributed by atoms with Gasteiger partial charge in [-0.15, -0.1) is 0 Å². The van der Waals surface area contributed by atoms with Gasteiger partial charge in [0.25, 0.3) is 0 Å². The SMILES string of the molecule is CC1CCCN(C(=O)NC(CC2CCC3=Cc4c(cnn4-c4ccc(F)cc4)CC32C)c2ccccc2)C1. The van der Waals surface area contributed by atoms with E-state index in [4.69, 9.17) is 0 Å². The van der Waals surface area contributed by atoms with E-state index in [1.54, 1.807) is 12.1 Å². The van der Waals surface area contributed by atoms with Crippen LogP contribution in [0.4, 0.5) is 9.18 Å². The topological polar surface area (TPSA) is 50.2 Å². The van der Waals surface area contributed by atoms with Crippen molar-refractivity contribution in [2.45, 2.75) is 58.4 Å². The van der Waals surface area contributed by atoms with E-state index in [1.165, 1.54) is 35.3 Å². The number of halogens is 1. The normalized spacial score (nSPS) is 25.3. The molecule has 6 heteroatoms. The zero-order valence-electron chi connectivity index (χ0n) is 22.4. The van der Waals surface area contributed by atoms with Gasteiger partial charge in [-0.05, 0) is 97.2 Å². The summed E-state index contributed by atoms with van der Waals surface area (Å²) < 4.78 is 15.4. The Morgan fingerprint density at radius 3 is 2.71 bits per heavy atom. The summed E-state index contributed by atoms with van der Waals surface area (Å²) in [5.74, 6) is 0.759. The average Bonchev–Trinajstić information content (AvgIpc) is 3.47. The van der Waals surface area contributed by atoms with Gasteiger partial charge in [0.15, 0.2) is 0 Å². The van der Waals surface area contributed by atoms with Crippen LogP contribution >= 0.6 is 0 Å². The van der Waals surface area contributed by atoms with Crippen molar-refractivity contribution in [3.05, 3.63) is 89.0 Å². The van der Waals surface area contributed by atoms with Crippen LogP contribution in [0.15, 0.2) is 66.4 Å². The molecule has 0 bridgehead atoms. The summed E-state index contributed by atoms with van der Waals surface area (Å²) >= 11 is 0. The van der Waals surface area contributed by atoms with Gasteiger partial charge in [0.2, 0.25) is 0 Å². The number of rotatable bonds is 5. The minimum Gasteiger partial charge on any atom is -0.331 e. The lowest BCUT2D eigenvalue weighted by molar-refractivity contribution is 0.161. The number of piperidine rings is 1. The number of carbonyl (C=O) groups is 1. The minimum absolute atomic E-state index is 0.0227. The zero-order chi connectivity index (χ0) is 26.3. The number of carbonyl (C=O) groups excluding carboxylic acids is 1. The van der Waals surface area contributed by atoms with Crippen LogP contribution in [-0.2, 0) is 6.42 Å². The van der Waals surface area contributed by atoms with Crippen LogP contribution in [0.1, 0.15) is 68.8 Å². The predicted molar refractivity (Wildman–Crippen MR) is 148 cm³/mol. The maximum absolute atomic E-state index is 13.5. The van der Waals surface area contributed by atoms with Crippen LogP contribution in [0.2, 0.25) is 0 Å². The van der Waals surface area contributed by atoms with Crippen LogP contribution in [0.5, 0.6) is 0 Å². The number of urea groups is 1. The highest BCUT2D eigenvalue weighted by Crippen LogP contribution is 2.55. The van der Waals surface area contributed by atoms with Crippen molar-refractivity contribution >= 4 is 12.1 Å². The Hall–Kier alpha value is -3.41. The summed E-state index contributed by atoms with van der Waals surface area (Å²) in [6.45, 7) is 6.30. The second kappa shape index (κ2) is 10.0. The Morgan fingerprint density at radius 2 is 1.95 bits per heavy atom. The first-order chi connectivity index (χ1) is 18.4. The van der Waals surface area contributed by atoms with E-state index < -0.39 is 0 Å². The number of amides is 2. The third-order valence-electron chi connectivity index (χ3n) is 9.19. The lowest BCUT2D eigenvalue weighted by atomic mass is 9.68. The molecule has 1 aromatic heterocycles. The number of fused-ring (bicyclic) bond motifs is 2. The number of nitrogens with one attached hydrogen (secondary N) is 1. The molecule has 5 nitrogen and oxygen atoms in total. The Balaban J connectivity index is 1.24. The van der Waals surface area contributed by atoms with Crippen molar-refractivity contribution in [3.63, 3.8) is 0 Å². The number of hydrogen-bond donors (Lipinski definition) is 1. The molecule has 2 fully saturated rings. The summed E-state index contributed by atoms with van der Waals surface area (Å²) in [5.41, 5.74) is 5.88. The number of hydrogen-bond acceptors (Lipinski definition) is 2. The number of likely N-dealkylation sites (tertiary alicyclic amines) is 1. The Morgan fingerprint density at radius 1 is 1.16 bits per heavy atom. The van der Waals surface area contributed by atoms with E-state index in [1.807, 2.05) is 21.8 Å². The standard InChI is InChI=1S/C32H37FN4O/c1-22-7-6-16-36(21-22)31(38)35-29(23-8-4-3-5-9-23)17-25-10-11-26-18-30-24(19-32(25,26)2)20-34-37(30)28-14-12-27(33)13-15-28/h3-5,8-9,12-15,18,20,22,25,29H,6-7,10-11,16-17,19,21H2,1-2H3,(H,35,38). The number of aromatic nitrogens is 2. The van der Waals surface area contributed by atoms with Crippen LogP contribution in [0.3, 0.4) is 0 Å². The molecule has 6 rings (SSSR count). The summed E-state index contributed by atoms with van der Waals surface area (Å²) in [6, 6.07) is 17.0. The molecule has 1 saturated heterocycles. The second-order valence-corrected chi connectivity index (χ2v) is 11.8. The average molecular weight is 513 g/mol. The van der Waals surface area contributed by atoms with E-state index in [0.29, 0.717) is 11.8 Å². The summed E-state index contributed by atoms with van der Waals surface area (Å²) in [4.78, 5) is 15.4. The number of allylic oxidation sites excluding steroid dienone is 1. The minimum atomic E-state index is -0.241. The number of nitrogens with zero attached hydrogens (tertiary/aromatic N) is 3. The predicted octanol–water partition coefficient (Wildman–Crippen LogP) is 6.94. The van der Waals surface area contributed by atoms with E-state index in [2.05, 4.69) is 54.6 Å². The van der Waals surface area contributed by atoms with Gasteiger partial charge in [0.05, 0.1) is 23.6 Å². The monoisotopic (exact) mass is 512 g/mol. The molecule has 4 unspecified atom stereocenters. The highest BCUT2D eigenvalue weighted by molar-refractivity contribution is 5.75.